The van der Waals surface area contributed by atoms with Gasteiger partial charge < -0.3 is 14.8 Å². The van der Waals surface area contributed by atoms with E-state index in [0.717, 1.165) is 5.56 Å². The minimum absolute atomic E-state index is 0.0185. The molecule has 0 amide bonds. The molecule has 0 aliphatic rings. The molecule has 1 aromatic heterocycles. The lowest BCUT2D eigenvalue weighted by molar-refractivity contribution is -0.130. The topological polar surface area (TPSA) is 114 Å². The van der Waals surface area contributed by atoms with Gasteiger partial charge in [0, 0.05) is 16.5 Å². The molecule has 0 aliphatic heterocycles. The highest BCUT2D eigenvalue weighted by Crippen LogP contribution is 2.42. The third-order valence-electron chi connectivity index (χ3n) is 5.66. The number of ether oxygens (including phenoxy) is 1. The molecule has 0 bridgehead atoms. The van der Waals surface area contributed by atoms with Crippen LogP contribution in [-0.4, -0.2) is 37.1 Å². The second-order valence-electron chi connectivity index (χ2n) is 8.10. The quantitative estimate of drug-likeness (QED) is 0.200. The number of aromatic amines is 1. The lowest BCUT2D eigenvalue weighted by Crippen LogP contribution is -2.07. The van der Waals surface area contributed by atoms with E-state index in [1.807, 2.05) is 6.92 Å². The van der Waals surface area contributed by atoms with Gasteiger partial charge in [-0.1, -0.05) is 71.2 Å². The highest BCUT2D eigenvalue weighted by molar-refractivity contribution is 7.91. The van der Waals surface area contributed by atoms with Crippen molar-refractivity contribution in [3.63, 3.8) is 0 Å². The number of hydrogen-bond donors (Lipinski definition) is 2. The highest BCUT2D eigenvalue weighted by Gasteiger charge is 2.30. The Morgan fingerprint density at radius 3 is 2.30 bits per heavy atom. The lowest BCUT2D eigenvalue weighted by atomic mass is 10.0. The van der Waals surface area contributed by atoms with Gasteiger partial charge >= 0.3 is 11.9 Å². The Morgan fingerprint density at radius 2 is 1.70 bits per heavy atom. The first-order chi connectivity index (χ1) is 17.6. The Kier molecular flexibility index (Phi) is 7.45. The van der Waals surface area contributed by atoms with Crippen LogP contribution in [0.2, 0.25) is 10.0 Å². The van der Waals surface area contributed by atoms with Crippen LogP contribution in [0, 0.1) is 6.92 Å². The van der Waals surface area contributed by atoms with Crippen molar-refractivity contribution in [1.82, 2.24) is 4.98 Å². The Balaban J connectivity index is 2.08. The molecule has 0 atom stereocenters. The molecule has 0 unspecified atom stereocenters. The van der Waals surface area contributed by atoms with E-state index < -0.39 is 21.8 Å². The van der Waals surface area contributed by atoms with Crippen molar-refractivity contribution in [3.05, 3.63) is 93.1 Å². The molecule has 0 aliphatic carbocycles. The fourth-order valence-corrected chi connectivity index (χ4v) is 6.46. The number of halogens is 2. The van der Waals surface area contributed by atoms with Crippen molar-refractivity contribution >= 4 is 67.5 Å². The summed E-state index contributed by atoms with van der Waals surface area (Å²) in [6, 6.07) is 15.8. The van der Waals surface area contributed by atoms with Crippen LogP contribution in [0.4, 0.5) is 0 Å². The number of hydrogen-bond acceptors (Lipinski definition) is 5. The molecule has 0 spiro atoms. The van der Waals surface area contributed by atoms with Crippen molar-refractivity contribution in [2.75, 3.05) is 6.61 Å². The second kappa shape index (κ2) is 10.4. The van der Waals surface area contributed by atoms with Crippen molar-refractivity contribution in [3.8, 4) is 0 Å². The summed E-state index contributed by atoms with van der Waals surface area (Å²) in [6.45, 7) is 3.51. The van der Waals surface area contributed by atoms with E-state index in [0.29, 0.717) is 5.56 Å². The number of H-pyrrole nitrogens is 1. The van der Waals surface area contributed by atoms with Crippen molar-refractivity contribution in [2.24, 2.45) is 0 Å². The number of rotatable bonds is 7. The number of aryl methyl sites for hydroxylation is 1. The molecule has 2 N–H and O–H groups in total. The molecule has 0 saturated heterocycles. The van der Waals surface area contributed by atoms with Gasteiger partial charge in [0.15, 0.2) is 0 Å². The van der Waals surface area contributed by atoms with Crippen LogP contribution in [0.15, 0.2) is 70.5 Å². The average molecular weight is 558 g/mol. The summed E-state index contributed by atoms with van der Waals surface area (Å²) in [4.78, 5) is 27.5. The predicted molar refractivity (Wildman–Crippen MR) is 143 cm³/mol. The van der Waals surface area contributed by atoms with Gasteiger partial charge in [0.05, 0.1) is 27.1 Å². The van der Waals surface area contributed by atoms with Gasteiger partial charge in [0.2, 0.25) is 9.84 Å². The largest absolute Gasteiger partial charge is 0.478 e. The maximum atomic E-state index is 13.6. The smallest absolute Gasteiger partial charge is 0.355 e. The van der Waals surface area contributed by atoms with E-state index >= 15 is 0 Å². The van der Waals surface area contributed by atoms with Gasteiger partial charge in [0.1, 0.15) is 10.6 Å². The van der Waals surface area contributed by atoms with Crippen LogP contribution in [0.1, 0.15) is 34.1 Å². The van der Waals surface area contributed by atoms with E-state index in [1.54, 1.807) is 49.4 Å². The van der Waals surface area contributed by atoms with Gasteiger partial charge in [-0.05, 0) is 43.7 Å². The monoisotopic (exact) mass is 557 g/mol. The Hall–Kier alpha value is -3.59. The minimum Gasteiger partial charge on any atom is -0.478 e. The van der Waals surface area contributed by atoms with E-state index in [9.17, 15) is 23.1 Å². The van der Waals surface area contributed by atoms with E-state index in [2.05, 4.69) is 4.98 Å². The zero-order valence-corrected chi connectivity index (χ0v) is 22.0. The number of aliphatic carboxylic acids is 1. The third kappa shape index (κ3) is 5.00. The maximum Gasteiger partial charge on any atom is 0.355 e. The van der Waals surface area contributed by atoms with E-state index in [-0.39, 0.29) is 54.2 Å². The van der Waals surface area contributed by atoms with Crippen LogP contribution in [-0.2, 0) is 19.4 Å². The predicted octanol–water partition coefficient (Wildman–Crippen LogP) is 6.42. The Morgan fingerprint density at radius 1 is 1.05 bits per heavy atom. The average Bonchev–Trinajstić information content (AvgIpc) is 3.21. The number of nitrogens with one attached hydrogen (secondary N) is 1. The van der Waals surface area contributed by atoms with Crippen molar-refractivity contribution in [2.45, 2.75) is 23.6 Å². The van der Waals surface area contributed by atoms with Crippen LogP contribution < -0.4 is 0 Å². The number of carbonyl (C=O) groups is 2. The number of sulfone groups is 1. The fourth-order valence-electron chi connectivity index (χ4n) is 3.91. The zero-order chi connectivity index (χ0) is 26.9. The fraction of sp³-hybridized carbons (Fsp3) is 0.111. The molecule has 1 heterocycles. The van der Waals surface area contributed by atoms with Crippen molar-refractivity contribution in [1.29, 1.82) is 0 Å². The molecule has 190 valence electrons. The minimum atomic E-state index is -4.17. The molecule has 7 nitrogen and oxygen atoms in total. The third-order valence-corrected chi connectivity index (χ3v) is 8.41. The van der Waals surface area contributed by atoms with Gasteiger partial charge in [-0.3, -0.25) is 0 Å². The van der Waals surface area contributed by atoms with Gasteiger partial charge in [-0.2, -0.15) is 0 Å². The van der Waals surface area contributed by atoms with Crippen LogP contribution in [0.5, 0.6) is 0 Å². The van der Waals surface area contributed by atoms with Gasteiger partial charge in [0.25, 0.3) is 0 Å². The molecular formula is C27H21Cl2NO6S. The summed E-state index contributed by atoms with van der Waals surface area (Å²) < 4.78 is 32.3. The Bertz CT molecular complexity index is 1660. The normalized spacial score (nSPS) is 12.1. The summed E-state index contributed by atoms with van der Waals surface area (Å²) in [5, 5.41) is 9.66. The summed E-state index contributed by atoms with van der Waals surface area (Å²) in [6.07, 6.45) is 1.27. The summed E-state index contributed by atoms with van der Waals surface area (Å²) in [7, 11) is -4.17. The summed E-state index contributed by atoms with van der Waals surface area (Å²) in [5.74, 6) is -2.02. The van der Waals surface area contributed by atoms with Crippen LogP contribution in [0.25, 0.3) is 22.6 Å². The van der Waals surface area contributed by atoms with Gasteiger partial charge in [-0.25, -0.2) is 18.0 Å². The van der Waals surface area contributed by atoms with Gasteiger partial charge in [-0.15, -0.1) is 0 Å². The first-order valence-corrected chi connectivity index (χ1v) is 13.3. The SMILES string of the molecule is CCOC(=O)c1[nH]c2cc(Cl)c(S(=O)(=O)c3ccc(C)cc3)c(Cl)c2c1/C=C(\C(=O)O)c1ccccc1. The Labute approximate surface area is 223 Å². The molecule has 0 saturated carbocycles. The lowest BCUT2D eigenvalue weighted by Gasteiger charge is -2.11. The first-order valence-electron chi connectivity index (χ1n) is 11.1. The molecule has 10 heteroatoms. The maximum absolute atomic E-state index is 13.6. The standard InChI is InChI=1S/C27H21Cl2NO6S/c1-3-36-27(33)24-19(13-18(26(31)32)16-7-5-4-6-8-16)22-21(30-24)14-20(28)25(23(22)29)37(34,35)17-11-9-15(2)10-12-17/h4-14,30H,3H2,1-2H3,(H,31,32)/b18-13-. The number of aromatic nitrogens is 1. The summed E-state index contributed by atoms with van der Waals surface area (Å²) >= 11 is 13.1. The number of carboxylic acid groups (broad SMARTS) is 1. The highest BCUT2D eigenvalue weighted by atomic mass is 35.5. The molecule has 4 aromatic rings. The molecule has 3 aromatic carbocycles. The molecule has 37 heavy (non-hydrogen) atoms. The van der Waals surface area contributed by atoms with Crippen LogP contribution >= 0.6 is 23.2 Å². The number of carbonyl (C=O) groups excluding carboxylic acids is 1. The van der Waals surface area contributed by atoms with Crippen molar-refractivity contribution < 1.29 is 27.9 Å². The number of benzene rings is 3. The van der Waals surface area contributed by atoms with E-state index in [1.165, 1.54) is 24.3 Å². The molecular weight excluding hydrogens is 537 g/mol. The second-order valence-corrected chi connectivity index (χ2v) is 10.8. The number of carboxylic acids is 1. The number of esters is 1. The first kappa shape index (κ1) is 26.5. The number of fused-ring (bicyclic) bond motifs is 1. The zero-order valence-electron chi connectivity index (χ0n) is 19.7. The van der Waals surface area contributed by atoms with Crippen LogP contribution in [0.3, 0.4) is 0 Å². The molecule has 0 radical (unpaired) electrons. The molecule has 0 fully saturated rings. The summed E-state index contributed by atoms with van der Waals surface area (Å²) in [5.41, 5.74) is 1.32. The molecule has 4 rings (SSSR count). The van der Waals surface area contributed by atoms with E-state index in [4.69, 9.17) is 27.9 Å².